The SMILES string of the molecule is CCNC(=NCc1ccc(OC)c(O)c1)NC1CCC(SC)C1. The minimum Gasteiger partial charge on any atom is -0.504 e. The topological polar surface area (TPSA) is 65.9 Å². The molecule has 0 radical (unpaired) electrons. The Labute approximate surface area is 142 Å². The van der Waals surface area contributed by atoms with Gasteiger partial charge in [0.1, 0.15) is 0 Å². The maximum Gasteiger partial charge on any atom is 0.191 e. The molecule has 0 saturated heterocycles. The first-order chi connectivity index (χ1) is 11.2. The van der Waals surface area contributed by atoms with Gasteiger partial charge in [-0.15, -0.1) is 0 Å². The zero-order valence-corrected chi connectivity index (χ0v) is 14.9. The number of aromatic hydroxyl groups is 1. The number of hydrogen-bond donors (Lipinski definition) is 3. The largest absolute Gasteiger partial charge is 0.504 e. The lowest BCUT2D eigenvalue weighted by molar-refractivity contribution is 0.373. The van der Waals surface area contributed by atoms with Gasteiger partial charge in [0, 0.05) is 17.8 Å². The van der Waals surface area contributed by atoms with E-state index in [4.69, 9.17) is 4.74 Å². The van der Waals surface area contributed by atoms with E-state index >= 15 is 0 Å². The van der Waals surface area contributed by atoms with Crippen molar-refractivity contribution in [3.05, 3.63) is 23.8 Å². The number of ether oxygens (including phenoxy) is 1. The van der Waals surface area contributed by atoms with Crippen molar-refractivity contribution < 1.29 is 9.84 Å². The van der Waals surface area contributed by atoms with Crippen LogP contribution in [0.25, 0.3) is 0 Å². The fraction of sp³-hybridized carbons (Fsp3) is 0.588. The average Bonchev–Trinajstić information content (AvgIpc) is 3.00. The molecule has 23 heavy (non-hydrogen) atoms. The van der Waals surface area contributed by atoms with E-state index in [1.165, 1.54) is 19.3 Å². The fourth-order valence-corrected chi connectivity index (χ4v) is 3.60. The van der Waals surface area contributed by atoms with E-state index in [0.717, 1.165) is 23.3 Å². The Balaban J connectivity index is 1.97. The van der Waals surface area contributed by atoms with Crippen LogP contribution in [0.15, 0.2) is 23.2 Å². The van der Waals surface area contributed by atoms with Gasteiger partial charge in [0.25, 0.3) is 0 Å². The molecule has 1 aromatic carbocycles. The number of hydrogen-bond acceptors (Lipinski definition) is 4. The molecule has 2 rings (SSSR count). The molecule has 0 aliphatic heterocycles. The highest BCUT2D eigenvalue weighted by molar-refractivity contribution is 7.99. The summed E-state index contributed by atoms with van der Waals surface area (Å²) in [6, 6.07) is 5.88. The molecule has 2 unspecified atom stereocenters. The molecule has 1 aliphatic rings. The average molecular weight is 337 g/mol. The summed E-state index contributed by atoms with van der Waals surface area (Å²) < 4.78 is 5.06. The monoisotopic (exact) mass is 337 g/mol. The number of nitrogens with one attached hydrogen (secondary N) is 2. The summed E-state index contributed by atoms with van der Waals surface area (Å²) in [6.45, 7) is 3.42. The Bertz CT molecular complexity index is 537. The first-order valence-corrected chi connectivity index (χ1v) is 9.38. The summed E-state index contributed by atoms with van der Waals surface area (Å²) in [5, 5.41) is 17.4. The van der Waals surface area contributed by atoms with E-state index in [-0.39, 0.29) is 5.75 Å². The van der Waals surface area contributed by atoms with Crippen molar-refractivity contribution in [1.29, 1.82) is 0 Å². The Morgan fingerprint density at radius 1 is 1.43 bits per heavy atom. The van der Waals surface area contributed by atoms with Gasteiger partial charge in [-0.1, -0.05) is 6.07 Å². The molecule has 0 bridgehead atoms. The zero-order valence-electron chi connectivity index (χ0n) is 14.1. The number of benzene rings is 1. The summed E-state index contributed by atoms with van der Waals surface area (Å²) in [4.78, 5) is 4.63. The van der Waals surface area contributed by atoms with Crippen molar-refractivity contribution in [1.82, 2.24) is 10.6 Å². The zero-order chi connectivity index (χ0) is 16.7. The second kappa shape index (κ2) is 8.91. The van der Waals surface area contributed by atoms with Crippen LogP contribution in [-0.2, 0) is 6.54 Å². The molecule has 1 aromatic rings. The van der Waals surface area contributed by atoms with E-state index in [1.54, 1.807) is 19.2 Å². The van der Waals surface area contributed by atoms with Crippen LogP contribution < -0.4 is 15.4 Å². The van der Waals surface area contributed by atoms with Gasteiger partial charge >= 0.3 is 0 Å². The molecule has 2 atom stereocenters. The van der Waals surface area contributed by atoms with Gasteiger partial charge < -0.3 is 20.5 Å². The number of aliphatic imine (C=N–C) groups is 1. The number of guanidine groups is 1. The van der Waals surface area contributed by atoms with Crippen LogP contribution in [0.1, 0.15) is 31.7 Å². The van der Waals surface area contributed by atoms with Gasteiger partial charge in [-0.05, 0) is 50.1 Å². The van der Waals surface area contributed by atoms with Gasteiger partial charge in [0.2, 0.25) is 0 Å². The first-order valence-electron chi connectivity index (χ1n) is 8.09. The van der Waals surface area contributed by atoms with Crippen molar-refractivity contribution in [2.24, 2.45) is 4.99 Å². The lowest BCUT2D eigenvalue weighted by Gasteiger charge is -2.17. The third-order valence-electron chi connectivity index (χ3n) is 4.07. The van der Waals surface area contributed by atoms with Crippen LogP contribution in [0, 0.1) is 0 Å². The van der Waals surface area contributed by atoms with Crippen molar-refractivity contribution in [3.8, 4) is 11.5 Å². The van der Waals surface area contributed by atoms with E-state index < -0.39 is 0 Å². The molecule has 1 saturated carbocycles. The van der Waals surface area contributed by atoms with Gasteiger partial charge in [-0.2, -0.15) is 11.8 Å². The van der Waals surface area contributed by atoms with Crippen LogP contribution in [0.4, 0.5) is 0 Å². The predicted octanol–water partition coefficient (Wildman–Crippen LogP) is 2.74. The van der Waals surface area contributed by atoms with E-state index in [0.29, 0.717) is 18.3 Å². The number of thioether (sulfide) groups is 1. The van der Waals surface area contributed by atoms with Crippen molar-refractivity contribution in [2.45, 2.75) is 44.0 Å². The molecular weight excluding hydrogens is 310 g/mol. The van der Waals surface area contributed by atoms with Gasteiger partial charge in [-0.3, -0.25) is 0 Å². The Hall–Kier alpha value is -1.56. The highest BCUT2D eigenvalue weighted by Gasteiger charge is 2.24. The second-order valence-corrected chi connectivity index (χ2v) is 6.85. The standard InChI is InChI=1S/C17H27N3O2S/c1-4-18-17(20-13-6-7-14(10-13)23-3)19-11-12-5-8-16(22-2)15(21)9-12/h5,8-9,13-14,21H,4,6-7,10-11H2,1-3H3,(H2,18,19,20). The first kappa shape index (κ1) is 17.8. The Morgan fingerprint density at radius 3 is 2.87 bits per heavy atom. The molecule has 0 heterocycles. The van der Waals surface area contributed by atoms with Gasteiger partial charge in [0.15, 0.2) is 17.5 Å². The second-order valence-electron chi connectivity index (χ2n) is 5.71. The van der Waals surface area contributed by atoms with Crippen LogP contribution >= 0.6 is 11.8 Å². The molecule has 0 spiro atoms. The molecule has 1 aliphatic carbocycles. The van der Waals surface area contributed by atoms with Gasteiger partial charge in [0.05, 0.1) is 13.7 Å². The number of phenols is 1. The molecule has 128 valence electrons. The van der Waals surface area contributed by atoms with Crippen molar-refractivity contribution in [3.63, 3.8) is 0 Å². The quantitative estimate of drug-likeness (QED) is 0.550. The van der Waals surface area contributed by atoms with Crippen molar-refractivity contribution >= 4 is 17.7 Å². The van der Waals surface area contributed by atoms with Crippen LogP contribution in [0.5, 0.6) is 11.5 Å². The highest BCUT2D eigenvalue weighted by Crippen LogP contribution is 2.28. The Kier molecular flexibility index (Phi) is 6.89. The fourth-order valence-electron chi connectivity index (χ4n) is 2.80. The van der Waals surface area contributed by atoms with E-state index in [2.05, 4.69) is 28.8 Å². The molecule has 1 fully saturated rings. The number of nitrogens with zero attached hydrogens (tertiary/aromatic N) is 1. The van der Waals surface area contributed by atoms with Gasteiger partial charge in [-0.25, -0.2) is 4.99 Å². The lowest BCUT2D eigenvalue weighted by Crippen LogP contribution is -2.42. The molecule has 5 nitrogen and oxygen atoms in total. The summed E-state index contributed by atoms with van der Waals surface area (Å²) in [6.07, 6.45) is 5.83. The molecule has 3 N–H and O–H groups in total. The minimum atomic E-state index is 0.150. The summed E-state index contributed by atoms with van der Waals surface area (Å²) in [7, 11) is 1.55. The molecule has 0 amide bonds. The maximum atomic E-state index is 9.84. The summed E-state index contributed by atoms with van der Waals surface area (Å²) in [5.41, 5.74) is 0.953. The lowest BCUT2D eigenvalue weighted by atomic mass is 10.2. The molecular formula is C17H27N3O2S. The summed E-state index contributed by atoms with van der Waals surface area (Å²) >= 11 is 1.95. The predicted molar refractivity (Wildman–Crippen MR) is 97.6 cm³/mol. The highest BCUT2D eigenvalue weighted by atomic mass is 32.2. The Morgan fingerprint density at radius 2 is 2.26 bits per heavy atom. The number of phenolic OH excluding ortho intramolecular Hbond substituents is 1. The number of methoxy groups -OCH3 is 1. The van der Waals surface area contributed by atoms with Crippen LogP contribution in [0.3, 0.4) is 0 Å². The molecule has 0 aromatic heterocycles. The normalized spacial score (nSPS) is 21.3. The van der Waals surface area contributed by atoms with Crippen molar-refractivity contribution in [2.75, 3.05) is 19.9 Å². The third kappa shape index (κ3) is 5.23. The van der Waals surface area contributed by atoms with E-state index in [1.807, 2.05) is 17.8 Å². The van der Waals surface area contributed by atoms with Crippen LogP contribution in [0.2, 0.25) is 0 Å². The summed E-state index contributed by atoms with van der Waals surface area (Å²) in [5.74, 6) is 1.48. The third-order valence-corrected chi connectivity index (χ3v) is 5.16. The maximum absolute atomic E-state index is 9.84. The van der Waals surface area contributed by atoms with Crippen LogP contribution in [-0.4, -0.2) is 42.3 Å². The number of rotatable bonds is 6. The molecule has 6 heteroatoms. The van der Waals surface area contributed by atoms with E-state index in [9.17, 15) is 5.11 Å². The smallest absolute Gasteiger partial charge is 0.191 e. The minimum absolute atomic E-state index is 0.150.